The molecule has 2 aromatic rings. The molecule has 0 aliphatic rings. The Kier molecular flexibility index (Phi) is 4.75. The molecule has 0 fully saturated rings. The minimum absolute atomic E-state index is 0.0100. The third-order valence-corrected chi connectivity index (χ3v) is 3.74. The van der Waals surface area contributed by atoms with Crippen LogP contribution in [0, 0.1) is 5.82 Å². The lowest BCUT2D eigenvalue weighted by molar-refractivity contribution is 0.601. The van der Waals surface area contributed by atoms with Gasteiger partial charge in [-0.25, -0.2) is 4.39 Å². The maximum absolute atomic E-state index is 12.8. The molecule has 1 atom stereocenters. The highest BCUT2D eigenvalue weighted by Gasteiger charge is 2.10. The standard InChI is InChI=1S/C14H15FN2S/c15-12-8-6-11(7-9-12)14(17-16)10-18-13-4-2-1-3-5-13/h1-9,14,17H,10,16H2. The fourth-order valence-corrected chi connectivity index (χ4v) is 2.63. The number of hydrogen-bond acceptors (Lipinski definition) is 3. The van der Waals surface area contributed by atoms with E-state index in [1.807, 2.05) is 18.2 Å². The van der Waals surface area contributed by atoms with Crippen LogP contribution in [-0.4, -0.2) is 5.75 Å². The summed E-state index contributed by atoms with van der Waals surface area (Å²) in [7, 11) is 0. The van der Waals surface area contributed by atoms with E-state index in [0.29, 0.717) is 0 Å². The Balaban J connectivity index is 1.99. The molecule has 3 N–H and O–H groups in total. The van der Waals surface area contributed by atoms with Gasteiger partial charge in [-0.3, -0.25) is 11.3 Å². The fraction of sp³-hybridized carbons (Fsp3) is 0.143. The number of hydrazine groups is 1. The zero-order chi connectivity index (χ0) is 12.8. The third kappa shape index (κ3) is 3.57. The first kappa shape index (κ1) is 13.1. The van der Waals surface area contributed by atoms with Gasteiger partial charge in [-0.15, -0.1) is 11.8 Å². The number of nitrogens with two attached hydrogens (primary N) is 1. The molecule has 0 aliphatic heterocycles. The number of hydrogen-bond donors (Lipinski definition) is 2. The Bertz CT molecular complexity index is 473. The van der Waals surface area contributed by atoms with Crippen molar-refractivity contribution in [2.45, 2.75) is 10.9 Å². The topological polar surface area (TPSA) is 38.0 Å². The summed E-state index contributed by atoms with van der Waals surface area (Å²) in [5, 5.41) is 0. The first-order valence-electron chi connectivity index (χ1n) is 5.69. The van der Waals surface area contributed by atoms with Gasteiger partial charge in [0.2, 0.25) is 0 Å². The lowest BCUT2D eigenvalue weighted by Gasteiger charge is -2.15. The number of rotatable bonds is 5. The Labute approximate surface area is 110 Å². The van der Waals surface area contributed by atoms with Gasteiger partial charge in [0.25, 0.3) is 0 Å². The summed E-state index contributed by atoms with van der Waals surface area (Å²) in [6, 6.07) is 16.5. The summed E-state index contributed by atoms with van der Waals surface area (Å²) in [5.74, 6) is 6.12. The molecular weight excluding hydrogens is 247 g/mol. The van der Waals surface area contributed by atoms with Gasteiger partial charge in [0.15, 0.2) is 0 Å². The predicted molar refractivity (Wildman–Crippen MR) is 73.6 cm³/mol. The Morgan fingerprint density at radius 3 is 2.33 bits per heavy atom. The van der Waals surface area contributed by atoms with Crippen LogP contribution in [0.1, 0.15) is 11.6 Å². The van der Waals surface area contributed by atoms with Crippen molar-refractivity contribution < 1.29 is 4.39 Å². The van der Waals surface area contributed by atoms with Crippen LogP contribution in [0.5, 0.6) is 0 Å². The first-order valence-corrected chi connectivity index (χ1v) is 6.67. The van der Waals surface area contributed by atoms with E-state index in [1.54, 1.807) is 23.9 Å². The van der Waals surface area contributed by atoms with E-state index >= 15 is 0 Å². The minimum atomic E-state index is -0.231. The van der Waals surface area contributed by atoms with Gasteiger partial charge in [0.1, 0.15) is 5.82 Å². The largest absolute Gasteiger partial charge is 0.271 e. The molecule has 0 aromatic heterocycles. The molecule has 0 aliphatic carbocycles. The number of nitrogens with one attached hydrogen (secondary N) is 1. The Hall–Kier alpha value is -1.36. The van der Waals surface area contributed by atoms with Crippen LogP contribution in [0.3, 0.4) is 0 Å². The molecule has 0 bridgehead atoms. The molecule has 1 unspecified atom stereocenters. The zero-order valence-corrected chi connectivity index (χ0v) is 10.7. The van der Waals surface area contributed by atoms with Crippen LogP contribution in [0.4, 0.5) is 4.39 Å². The molecule has 2 aromatic carbocycles. The number of benzene rings is 2. The van der Waals surface area contributed by atoms with Crippen LogP contribution < -0.4 is 11.3 Å². The molecule has 0 saturated heterocycles. The average Bonchev–Trinajstić information content (AvgIpc) is 2.42. The normalized spacial score (nSPS) is 12.3. The average molecular weight is 262 g/mol. The molecule has 0 saturated carbocycles. The van der Waals surface area contributed by atoms with Crippen molar-refractivity contribution in [3.8, 4) is 0 Å². The monoisotopic (exact) mass is 262 g/mol. The van der Waals surface area contributed by atoms with Gasteiger partial charge in [0, 0.05) is 10.6 Å². The molecule has 4 heteroatoms. The van der Waals surface area contributed by atoms with E-state index in [4.69, 9.17) is 5.84 Å². The van der Waals surface area contributed by atoms with Crippen molar-refractivity contribution in [3.63, 3.8) is 0 Å². The highest BCUT2D eigenvalue weighted by atomic mass is 32.2. The highest BCUT2D eigenvalue weighted by Crippen LogP contribution is 2.24. The van der Waals surface area contributed by atoms with Crippen LogP contribution in [0.15, 0.2) is 59.5 Å². The van der Waals surface area contributed by atoms with Crippen molar-refractivity contribution in [1.82, 2.24) is 5.43 Å². The second-order valence-corrected chi connectivity index (χ2v) is 4.99. The van der Waals surface area contributed by atoms with Crippen molar-refractivity contribution in [1.29, 1.82) is 0 Å². The number of thioether (sulfide) groups is 1. The van der Waals surface area contributed by atoms with E-state index in [1.165, 1.54) is 17.0 Å². The van der Waals surface area contributed by atoms with Crippen molar-refractivity contribution in [2.75, 3.05) is 5.75 Å². The maximum atomic E-state index is 12.8. The van der Waals surface area contributed by atoms with E-state index in [9.17, 15) is 4.39 Å². The molecular formula is C14H15FN2S. The fourth-order valence-electron chi connectivity index (χ4n) is 1.63. The molecule has 0 heterocycles. The van der Waals surface area contributed by atoms with Crippen LogP contribution in [-0.2, 0) is 0 Å². The summed E-state index contributed by atoms with van der Waals surface area (Å²) >= 11 is 1.72. The van der Waals surface area contributed by atoms with Crippen LogP contribution in [0.25, 0.3) is 0 Å². The summed E-state index contributed by atoms with van der Waals surface area (Å²) in [4.78, 5) is 1.19. The van der Waals surface area contributed by atoms with E-state index in [2.05, 4.69) is 17.6 Å². The van der Waals surface area contributed by atoms with Crippen LogP contribution >= 0.6 is 11.8 Å². The maximum Gasteiger partial charge on any atom is 0.123 e. The predicted octanol–water partition coefficient (Wildman–Crippen LogP) is 3.12. The lowest BCUT2D eigenvalue weighted by Crippen LogP contribution is -2.29. The summed E-state index contributed by atoms with van der Waals surface area (Å²) in [6.07, 6.45) is 0. The van der Waals surface area contributed by atoms with Gasteiger partial charge in [0.05, 0.1) is 6.04 Å². The number of halogens is 1. The quantitative estimate of drug-likeness (QED) is 0.494. The summed E-state index contributed by atoms with van der Waals surface area (Å²) in [5.41, 5.74) is 3.75. The Morgan fingerprint density at radius 1 is 1.06 bits per heavy atom. The molecule has 94 valence electrons. The van der Waals surface area contributed by atoms with Crippen molar-refractivity contribution >= 4 is 11.8 Å². The molecule has 0 radical (unpaired) electrons. The third-order valence-electron chi connectivity index (χ3n) is 2.63. The SMILES string of the molecule is NNC(CSc1ccccc1)c1ccc(F)cc1. The molecule has 0 spiro atoms. The minimum Gasteiger partial charge on any atom is -0.271 e. The van der Waals surface area contributed by atoms with Gasteiger partial charge < -0.3 is 0 Å². The summed E-state index contributed by atoms with van der Waals surface area (Å²) in [6.45, 7) is 0. The Morgan fingerprint density at radius 2 is 1.72 bits per heavy atom. The second kappa shape index (κ2) is 6.54. The lowest BCUT2D eigenvalue weighted by atomic mass is 10.1. The first-order chi connectivity index (χ1) is 8.79. The van der Waals surface area contributed by atoms with Gasteiger partial charge >= 0.3 is 0 Å². The smallest absolute Gasteiger partial charge is 0.123 e. The molecule has 2 nitrogen and oxygen atoms in total. The van der Waals surface area contributed by atoms with Crippen molar-refractivity contribution in [2.24, 2.45) is 5.84 Å². The van der Waals surface area contributed by atoms with Crippen LogP contribution in [0.2, 0.25) is 0 Å². The van der Waals surface area contributed by atoms with E-state index in [0.717, 1.165) is 11.3 Å². The molecule has 2 rings (SSSR count). The van der Waals surface area contributed by atoms with Gasteiger partial charge in [-0.1, -0.05) is 30.3 Å². The molecule has 18 heavy (non-hydrogen) atoms. The van der Waals surface area contributed by atoms with E-state index < -0.39 is 0 Å². The summed E-state index contributed by atoms with van der Waals surface area (Å²) < 4.78 is 12.8. The van der Waals surface area contributed by atoms with E-state index in [-0.39, 0.29) is 11.9 Å². The van der Waals surface area contributed by atoms with Gasteiger partial charge in [-0.2, -0.15) is 0 Å². The van der Waals surface area contributed by atoms with Gasteiger partial charge in [-0.05, 0) is 29.8 Å². The van der Waals surface area contributed by atoms with Crippen molar-refractivity contribution in [3.05, 3.63) is 66.0 Å². The molecule has 0 amide bonds. The zero-order valence-electron chi connectivity index (χ0n) is 9.84. The highest BCUT2D eigenvalue weighted by molar-refractivity contribution is 7.99. The second-order valence-electron chi connectivity index (χ2n) is 3.89.